The summed E-state index contributed by atoms with van der Waals surface area (Å²) in [6, 6.07) is 22.6. The fourth-order valence-electron chi connectivity index (χ4n) is 7.00. The van der Waals surface area contributed by atoms with E-state index in [-0.39, 0.29) is 30.0 Å². The first-order chi connectivity index (χ1) is 37.5. The molecular formula is C63H89BO14S. The molecular weight excluding hydrogens is 1020 g/mol. The van der Waals surface area contributed by atoms with E-state index in [0.717, 1.165) is 72.8 Å². The summed E-state index contributed by atoms with van der Waals surface area (Å²) in [5.74, 6) is -0.207. The van der Waals surface area contributed by atoms with Crippen LogP contribution in [0.3, 0.4) is 0 Å². The van der Waals surface area contributed by atoms with E-state index in [9.17, 15) is 22.8 Å². The second-order valence-electron chi connectivity index (χ2n) is 18.9. The number of aliphatic hydroxyl groups excluding tert-OH is 1. The summed E-state index contributed by atoms with van der Waals surface area (Å²) in [4.78, 5) is 34.4. The lowest BCUT2D eigenvalue weighted by Gasteiger charge is -2.32. The Morgan fingerprint density at radius 1 is 0.544 bits per heavy atom. The number of hydrogen-bond donors (Lipinski definition) is 2. The van der Waals surface area contributed by atoms with Crippen molar-refractivity contribution in [2.45, 2.75) is 151 Å². The van der Waals surface area contributed by atoms with E-state index in [1.807, 2.05) is 91.8 Å². The van der Waals surface area contributed by atoms with Gasteiger partial charge in [-0.3, -0.25) is 4.18 Å². The third-order valence-corrected chi connectivity index (χ3v) is 13.6. The maximum atomic E-state index is 11.8. The molecule has 79 heavy (non-hydrogen) atoms. The first-order valence-corrected chi connectivity index (χ1v) is 28.4. The average Bonchev–Trinajstić information content (AvgIpc) is 3.78. The van der Waals surface area contributed by atoms with Crippen LogP contribution in [0.1, 0.15) is 160 Å². The molecule has 1 fully saturated rings. The Hall–Kier alpha value is -6.30. The van der Waals surface area contributed by atoms with Gasteiger partial charge in [0.2, 0.25) is 0 Å². The monoisotopic (exact) mass is 1110 g/mol. The summed E-state index contributed by atoms with van der Waals surface area (Å²) in [6.45, 7) is 25.4. The van der Waals surface area contributed by atoms with E-state index in [1.54, 1.807) is 67.6 Å². The molecule has 16 heteroatoms. The van der Waals surface area contributed by atoms with Crippen molar-refractivity contribution in [2.24, 2.45) is 0 Å². The normalized spacial score (nSPS) is 13.3. The molecule has 2 N–H and O–H groups in total. The molecule has 0 amide bonds. The number of esters is 2. The van der Waals surface area contributed by atoms with E-state index in [4.69, 9.17) is 42.7 Å². The molecule has 1 saturated heterocycles. The minimum absolute atomic E-state index is 0.187. The topological polar surface area (TPSA) is 190 Å². The van der Waals surface area contributed by atoms with Gasteiger partial charge in [0, 0.05) is 17.7 Å². The molecule has 1 aliphatic heterocycles. The molecule has 0 saturated carbocycles. The van der Waals surface area contributed by atoms with Gasteiger partial charge in [-0.15, -0.1) is 0 Å². The molecule has 4 aromatic rings. The number of carbonyl (C=O) groups is 3. The highest BCUT2D eigenvalue weighted by Gasteiger charge is 2.52. The Labute approximate surface area is 473 Å². The van der Waals surface area contributed by atoms with Gasteiger partial charge in [-0.1, -0.05) is 118 Å². The summed E-state index contributed by atoms with van der Waals surface area (Å²) in [5, 5.41) is 17.2. The number of aryl methyl sites for hydroxylation is 1. The Morgan fingerprint density at radius 2 is 0.937 bits per heavy atom. The predicted molar refractivity (Wildman–Crippen MR) is 317 cm³/mol. The van der Waals surface area contributed by atoms with Crippen molar-refractivity contribution < 1.29 is 65.5 Å². The van der Waals surface area contributed by atoms with Crippen molar-refractivity contribution in [1.82, 2.24) is 0 Å². The van der Waals surface area contributed by atoms with Gasteiger partial charge in [0.25, 0.3) is 10.1 Å². The van der Waals surface area contributed by atoms with Gasteiger partial charge in [0.15, 0.2) is 0 Å². The number of benzene rings is 4. The number of aromatic carboxylic acids is 1. The molecule has 0 radical (unpaired) electrons. The zero-order valence-corrected chi connectivity index (χ0v) is 50.2. The number of ether oxygens (including phenoxy) is 4. The van der Waals surface area contributed by atoms with Gasteiger partial charge in [0.1, 0.15) is 11.5 Å². The van der Waals surface area contributed by atoms with Crippen molar-refractivity contribution in [3.63, 3.8) is 0 Å². The third kappa shape index (κ3) is 25.6. The van der Waals surface area contributed by atoms with Gasteiger partial charge in [-0.05, 0) is 160 Å². The summed E-state index contributed by atoms with van der Waals surface area (Å²) in [7, 11) is -1.31. The smallest absolute Gasteiger partial charge is 0.493 e. The molecule has 14 nitrogen and oxygen atoms in total. The van der Waals surface area contributed by atoms with E-state index in [2.05, 4.69) is 51.2 Å². The number of carboxylic acids is 1. The lowest BCUT2D eigenvalue weighted by Crippen LogP contribution is -2.41. The Kier molecular flexibility index (Phi) is 34.3. The zero-order chi connectivity index (χ0) is 59.4. The highest BCUT2D eigenvalue weighted by atomic mass is 32.2. The maximum absolute atomic E-state index is 11.8. The highest BCUT2D eigenvalue weighted by molar-refractivity contribution is 7.86. The second-order valence-corrected chi connectivity index (χ2v) is 20.6. The minimum Gasteiger partial charge on any atom is -0.493 e. The van der Waals surface area contributed by atoms with Crippen molar-refractivity contribution >= 4 is 40.6 Å². The van der Waals surface area contributed by atoms with Crippen LogP contribution in [0, 0.1) is 27.7 Å². The van der Waals surface area contributed by atoms with Gasteiger partial charge in [-0.2, -0.15) is 8.42 Å². The zero-order valence-electron chi connectivity index (χ0n) is 49.4. The van der Waals surface area contributed by atoms with Crippen LogP contribution in [0.2, 0.25) is 0 Å². The molecule has 1 heterocycles. The highest BCUT2D eigenvalue weighted by Crippen LogP contribution is 2.37. The lowest BCUT2D eigenvalue weighted by molar-refractivity contribution is 0.00578. The quantitative estimate of drug-likeness (QED) is 0.0234. The van der Waals surface area contributed by atoms with E-state index >= 15 is 0 Å². The molecule has 434 valence electrons. The van der Waals surface area contributed by atoms with Crippen molar-refractivity contribution in [2.75, 3.05) is 40.6 Å². The first-order valence-electron chi connectivity index (χ1n) is 27.0. The Balaban J connectivity index is 0.000000507. The van der Waals surface area contributed by atoms with Crippen molar-refractivity contribution in [3.05, 3.63) is 166 Å². The molecule has 4 aromatic carbocycles. The van der Waals surface area contributed by atoms with Crippen molar-refractivity contribution in [3.8, 4) is 11.5 Å². The van der Waals surface area contributed by atoms with Crippen LogP contribution in [0.5, 0.6) is 11.5 Å². The molecule has 0 unspecified atom stereocenters. The largest absolute Gasteiger partial charge is 0.495 e. The minimum atomic E-state index is -3.60. The Morgan fingerprint density at radius 3 is 1.35 bits per heavy atom. The summed E-state index contributed by atoms with van der Waals surface area (Å²) in [6.07, 6.45) is 23.5. The first kappa shape index (κ1) is 70.7. The number of methoxy groups -OCH3 is 2. The standard InChI is InChI=1S/C15H21BO4.C15H20O3.C14H18O3.C13H18O3S.C6H12O/c1-10-11(13(17)18-6)8-7-9-12(10)16-19-14(2,3)15(4,5)20-16;1-4-5-6-7-11-18-14-10-8-9-13(12(14)2)15(16)17-3;1-3-4-5-6-10-17-13-9-7-8-12(11(13)2)14(15)16;1-3-4-5-6-11-16-17(14,15)13-9-7-12(2)8-10-13;1-2-3-4-5-6-7/h7-9H,1-6H3;5-6,8-10H,4,7,11H2,1-3H3;4-5,7-9H,3,6,10H2,1-2H3,(H,15,16);4-5,7-10H,3,6,11H2,1-2H3;3-4,7H,2,5-6H2,1H3/b;6-5-;2*5-4-;4-3-. The molecule has 5 rings (SSSR count). The van der Waals surface area contributed by atoms with Crippen LogP contribution >= 0.6 is 0 Å². The van der Waals surface area contributed by atoms with E-state index < -0.39 is 34.4 Å². The lowest BCUT2D eigenvalue weighted by atomic mass is 9.75. The fourth-order valence-corrected chi connectivity index (χ4v) is 7.92. The molecule has 1 aliphatic rings. The number of rotatable bonds is 23. The number of carboxylic acid groups (broad SMARTS) is 1. The fraction of sp³-hybridized carbons (Fsp3) is 0.444. The summed E-state index contributed by atoms with van der Waals surface area (Å²) < 4.78 is 61.2. The second kappa shape index (κ2) is 38.3. The SMILES string of the molecule is CC/C=C\CCO.CC/C=C\CCOS(=O)(=O)c1ccc(C)cc1.CC/C=C\CCOc1cccc(C(=O)O)c1C.CC/C=C\CCOc1cccc(C(=O)OC)c1C.COC(=O)c1cccc(B2OC(C)(C)C(C)(C)O2)c1C. The van der Waals surface area contributed by atoms with Gasteiger partial charge in [0.05, 0.1) is 66.8 Å². The summed E-state index contributed by atoms with van der Waals surface area (Å²) >= 11 is 0. The van der Waals surface area contributed by atoms with E-state index in [0.29, 0.717) is 47.6 Å². The third-order valence-electron chi connectivity index (χ3n) is 12.3. The van der Waals surface area contributed by atoms with Crippen LogP contribution in [0.25, 0.3) is 0 Å². The molecule has 0 aliphatic carbocycles. The Bertz CT molecular complexity index is 2650. The molecule has 0 atom stereocenters. The van der Waals surface area contributed by atoms with E-state index in [1.165, 1.54) is 14.2 Å². The van der Waals surface area contributed by atoms with Crippen LogP contribution in [-0.2, 0) is 33.1 Å². The van der Waals surface area contributed by atoms with Crippen LogP contribution < -0.4 is 14.9 Å². The summed E-state index contributed by atoms with van der Waals surface area (Å²) in [5.41, 5.74) is 4.82. The van der Waals surface area contributed by atoms with Gasteiger partial charge < -0.3 is 38.5 Å². The van der Waals surface area contributed by atoms with Crippen molar-refractivity contribution in [1.29, 1.82) is 0 Å². The van der Waals surface area contributed by atoms with Gasteiger partial charge in [-0.25, -0.2) is 14.4 Å². The predicted octanol–water partition coefficient (Wildman–Crippen LogP) is 13.4. The average molecular weight is 1110 g/mol. The van der Waals surface area contributed by atoms with Crippen LogP contribution in [0.15, 0.2) is 132 Å². The van der Waals surface area contributed by atoms with Crippen LogP contribution in [-0.4, -0.2) is 95.5 Å². The number of hydrogen-bond acceptors (Lipinski definition) is 13. The van der Waals surface area contributed by atoms with Gasteiger partial charge >= 0.3 is 25.0 Å². The number of carbonyl (C=O) groups excluding carboxylic acids is 2. The maximum Gasteiger partial charge on any atom is 0.495 e. The molecule has 0 bridgehead atoms. The molecule has 0 spiro atoms. The number of aliphatic hydroxyl groups is 1. The van der Waals surface area contributed by atoms with Crippen LogP contribution in [0.4, 0.5) is 0 Å². The number of allylic oxidation sites excluding steroid dienone is 4. The molecule has 0 aromatic heterocycles.